The Balaban J connectivity index is 1.69. The number of carbonyl (C=O) groups excluding carboxylic acids is 2. The fourth-order valence-corrected chi connectivity index (χ4v) is 4.24. The smallest absolute Gasteiger partial charge is 0.267 e. The van der Waals surface area contributed by atoms with Gasteiger partial charge in [-0.1, -0.05) is 0 Å². The fourth-order valence-electron chi connectivity index (χ4n) is 2.39. The van der Waals surface area contributed by atoms with Gasteiger partial charge in [0.25, 0.3) is 5.91 Å². The number of thiazole rings is 1. The molecule has 0 unspecified atom stereocenters. The van der Waals surface area contributed by atoms with E-state index in [0.717, 1.165) is 17.7 Å². The Labute approximate surface area is 130 Å². The topological polar surface area (TPSA) is 85.1 Å². The van der Waals surface area contributed by atoms with Crippen LogP contribution in [0, 0.1) is 0 Å². The summed E-state index contributed by atoms with van der Waals surface area (Å²) in [5.41, 5.74) is 7.02. The molecule has 0 aliphatic heterocycles. The first kappa shape index (κ1) is 14.2. The number of hydrogen-bond acceptors (Lipinski definition) is 5. The van der Waals surface area contributed by atoms with Crippen molar-refractivity contribution < 1.29 is 9.59 Å². The second-order valence-corrected chi connectivity index (χ2v) is 7.00. The predicted molar refractivity (Wildman–Crippen MR) is 83.9 cm³/mol. The zero-order valence-corrected chi connectivity index (χ0v) is 13.0. The van der Waals surface area contributed by atoms with Crippen LogP contribution < -0.4 is 11.1 Å². The van der Waals surface area contributed by atoms with Crippen molar-refractivity contribution in [1.82, 2.24) is 4.98 Å². The summed E-state index contributed by atoms with van der Waals surface area (Å²) < 4.78 is 0. The van der Waals surface area contributed by atoms with Gasteiger partial charge in [0.1, 0.15) is 0 Å². The van der Waals surface area contributed by atoms with Gasteiger partial charge in [0, 0.05) is 10.3 Å². The van der Waals surface area contributed by atoms with Crippen LogP contribution in [-0.2, 0) is 24.1 Å². The lowest BCUT2D eigenvalue weighted by Crippen LogP contribution is -2.14. The number of primary amides is 1. The molecule has 0 saturated carbocycles. The highest BCUT2D eigenvalue weighted by molar-refractivity contribution is 7.15. The van der Waals surface area contributed by atoms with Gasteiger partial charge < -0.3 is 5.73 Å². The Hall–Kier alpha value is -1.73. The van der Waals surface area contributed by atoms with Crippen molar-refractivity contribution in [3.8, 4) is 0 Å². The Bertz CT molecular complexity index is 667. The lowest BCUT2D eigenvalue weighted by Gasteiger charge is -2.08. The SMILES string of the molecule is NC(=O)Cc1csc(NC(=O)c2cc3c(s2)CCCC3)n1. The van der Waals surface area contributed by atoms with Gasteiger partial charge in [0.2, 0.25) is 5.91 Å². The fraction of sp³-hybridized carbons (Fsp3) is 0.357. The molecule has 2 aromatic rings. The van der Waals surface area contributed by atoms with E-state index in [2.05, 4.69) is 10.3 Å². The van der Waals surface area contributed by atoms with Crippen LogP contribution in [0.3, 0.4) is 0 Å². The molecule has 5 nitrogen and oxygen atoms in total. The maximum Gasteiger partial charge on any atom is 0.267 e. The molecule has 3 N–H and O–H groups in total. The number of nitrogens with one attached hydrogen (secondary N) is 1. The van der Waals surface area contributed by atoms with Gasteiger partial charge >= 0.3 is 0 Å². The molecule has 0 radical (unpaired) electrons. The molecule has 2 aromatic heterocycles. The van der Waals surface area contributed by atoms with Gasteiger partial charge in [-0.2, -0.15) is 0 Å². The molecule has 0 bridgehead atoms. The number of fused-ring (bicyclic) bond motifs is 1. The number of aromatic nitrogens is 1. The highest BCUT2D eigenvalue weighted by Crippen LogP contribution is 2.30. The molecular weight excluding hydrogens is 306 g/mol. The predicted octanol–water partition coefficient (Wildman–Crippen LogP) is 2.36. The summed E-state index contributed by atoms with van der Waals surface area (Å²) in [4.78, 5) is 29.3. The van der Waals surface area contributed by atoms with E-state index in [4.69, 9.17) is 5.73 Å². The van der Waals surface area contributed by atoms with Crippen molar-refractivity contribution >= 4 is 39.6 Å². The van der Waals surface area contributed by atoms with Crippen LogP contribution in [0.25, 0.3) is 0 Å². The minimum Gasteiger partial charge on any atom is -0.369 e. The standard InChI is InChI=1S/C14H15N3O2S2/c15-12(18)6-9-7-20-14(16-9)17-13(19)11-5-8-3-1-2-4-10(8)21-11/h5,7H,1-4,6H2,(H2,15,18)(H,16,17,19). The van der Waals surface area contributed by atoms with Gasteiger partial charge in [-0.05, 0) is 37.3 Å². The zero-order chi connectivity index (χ0) is 14.8. The molecular formula is C14H15N3O2S2. The second-order valence-electron chi connectivity index (χ2n) is 5.01. The zero-order valence-electron chi connectivity index (χ0n) is 11.3. The van der Waals surface area contributed by atoms with E-state index in [1.54, 1.807) is 16.7 Å². The highest BCUT2D eigenvalue weighted by Gasteiger charge is 2.18. The van der Waals surface area contributed by atoms with Crippen molar-refractivity contribution in [3.63, 3.8) is 0 Å². The van der Waals surface area contributed by atoms with Gasteiger partial charge in [-0.25, -0.2) is 4.98 Å². The molecule has 0 saturated heterocycles. The molecule has 0 atom stereocenters. The lowest BCUT2D eigenvalue weighted by atomic mass is 9.99. The highest BCUT2D eigenvalue weighted by atomic mass is 32.1. The number of thiophene rings is 1. The van der Waals surface area contributed by atoms with Crippen LogP contribution in [0.4, 0.5) is 5.13 Å². The molecule has 0 fully saturated rings. The van der Waals surface area contributed by atoms with E-state index in [-0.39, 0.29) is 12.3 Å². The van der Waals surface area contributed by atoms with Gasteiger partial charge in [0.05, 0.1) is 17.0 Å². The van der Waals surface area contributed by atoms with Crippen LogP contribution in [0.1, 0.15) is 38.6 Å². The number of aryl methyl sites for hydroxylation is 2. The Kier molecular flexibility index (Phi) is 4.03. The van der Waals surface area contributed by atoms with E-state index in [9.17, 15) is 9.59 Å². The molecule has 21 heavy (non-hydrogen) atoms. The van der Waals surface area contributed by atoms with Crippen molar-refractivity contribution in [1.29, 1.82) is 0 Å². The summed E-state index contributed by atoms with van der Waals surface area (Å²) in [6.07, 6.45) is 4.65. The summed E-state index contributed by atoms with van der Waals surface area (Å²) in [6.45, 7) is 0. The number of anilines is 1. The third-order valence-corrected chi connectivity index (χ3v) is 5.39. The maximum absolute atomic E-state index is 12.2. The molecule has 7 heteroatoms. The average molecular weight is 321 g/mol. The molecule has 0 spiro atoms. The van der Waals surface area contributed by atoms with E-state index in [1.165, 1.54) is 34.6 Å². The molecule has 2 amide bonds. The summed E-state index contributed by atoms with van der Waals surface area (Å²) in [6, 6.07) is 1.99. The van der Waals surface area contributed by atoms with E-state index in [1.807, 2.05) is 6.07 Å². The number of rotatable bonds is 4. The molecule has 3 rings (SSSR count). The number of nitrogens with two attached hydrogens (primary N) is 1. The van der Waals surface area contributed by atoms with Crippen molar-refractivity contribution in [3.05, 3.63) is 32.5 Å². The molecule has 0 aromatic carbocycles. The number of amides is 2. The summed E-state index contributed by atoms with van der Waals surface area (Å²) in [5, 5.41) is 5.03. The van der Waals surface area contributed by atoms with Crippen molar-refractivity contribution in [2.75, 3.05) is 5.32 Å². The lowest BCUT2D eigenvalue weighted by molar-refractivity contribution is -0.117. The number of nitrogens with zero attached hydrogens (tertiary/aromatic N) is 1. The summed E-state index contributed by atoms with van der Waals surface area (Å²) in [7, 11) is 0. The third kappa shape index (κ3) is 3.30. The van der Waals surface area contributed by atoms with E-state index >= 15 is 0 Å². The second kappa shape index (κ2) is 5.95. The Morgan fingerprint density at radius 3 is 2.90 bits per heavy atom. The van der Waals surface area contributed by atoms with Crippen LogP contribution in [0.15, 0.2) is 11.4 Å². The molecule has 2 heterocycles. The Morgan fingerprint density at radius 2 is 2.14 bits per heavy atom. The largest absolute Gasteiger partial charge is 0.369 e. The van der Waals surface area contributed by atoms with Gasteiger partial charge in [0.15, 0.2) is 5.13 Å². The first-order valence-corrected chi connectivity index (χ1v) is 8.47. The van der Waals surface area contributed by atoms with E-state index in [0.29, 0.717) is 10.8 Å². The summed E-state index contributed by atoms with van der Waals surface area (Å²) in [5.74, 6) is -0.557. The summed E-state index contributed by atoms with van der Waals surface area (Å²) >= 11 is 2.87. The third-order valence-electron chi connectivity index (χ3n) is 3.35. The first-order chi connectivity index (χ1) is 10.1. The van der Waals surface area contributed by atoms with Crippen LogP contribution in [0.2, 0.25) is 0 Å². The van der Waals surface area contributed by atoms with E-state index < -0.39 is 5.91 Å². The van der Waals surface area contributed by atoms with Gasteiger partial charge in [-0.15, -0.1) is 22.7 Å². The monoisotopic (exact) mass is 321 g/mol. The van der Waals surface area contributed by atoms with Crippen LogP contribution in [-0.4, -0.2) is 16.8 Å². The first-order valence-electron chi connectivity index (χ1n) is 6.77. The quantitative estimate of drug-likeness (QED) is 0.906. The molecule has 110 valence electrons. The normalized spacial score (nSPS) is 13.7. The minimum absolute atomic E-state index is 0.0969. The van der Waals surface area contributed by atoms with Crippen molar-refractivity contribution in [2.45, 2.75) is 32.1 Å². The number of hydrogen-bond donors (Lipinski definition) is 2. The van der Waals surface area contributed by atoms with Crippen LogP contribution >= 0.6 is 22.7 Å². The Morgan fingerprint density at radius 1 is 1.33 bits per heavy atom. The molecule has 1 aliphatic rings. The molecule has 1 aliphatic carbocycles. The minimum atomic E-state index is -0.427. The maximum atomic E-state index is 12.2. The van der Waals surface area contributed by atoms with Gasteiger partial charge in [-0.3, -0.25) is 14.9 Å². The van der Waals surface area contributed by atoms with Crippen molar-refractivity contribution in [2.24, 2.45) is 5.73 Å². The average Bonchev–Trinajstić information content (AvgIpc) is 3.04. The number of carbonyl (C=O) groups is 2. The van der Waals surface area contributed by atoms with Crippen LogP contribution in [0.5, 0.6) is 0 Å².